The largest absolute Gasteiger partial charge is 0.367 e. The number of piperazine rings is 1. The zero-order valence-corrected chi connectivity index (χ0v) is 14.8. The molecule has 0 saturated carbocycles. The maximum absolute atomic E-state index is 13.5. The van der Waals surface area contributed by atoms with Gasteiger partial charge in [-0.1, -0.05) is 25.1 Å². The van der Waals surface area contributed by atoms with Crippen molar-refractivity contribution in [2.24, 2.45) is 0 Å². The lowest BCUT2D eigenvalue weighted by molar-refractivity contribution is 0.102. The van der Waals surface area contributed by atoms with Gasteiger partial charge in [-0.05, 0) is 43.3 Å². The first-order valence-corrected chi connectivity index (χ1v) is 8.72. The average Bonchev–Trinajstić information content (AvgIpc) is 2.64. The summed E-state index contributed by atoms with van der Waals surface area (Å²) in [5.41, 5.74) is 2.90. The number of anilines is 2. The minimum atomic E-state index is -0.403. The third-order valence-corrected chi connectivity index (χ3v) is 4.76. The summed E-state index contributed by atoms with van der Waals surface area (Å²) in [7, 11) is 0. The van der Waals surface area contributed by atoms with E-state index in [4.69, 9.17) is 0 Å². The van der Waals surface area contributed by atoms with Crippen LogP contribution in [-0.4, -0.2) is 43.5 Å². The standard InChI is InChI=1S/C20H24FN3O/c1-3-23-10-12-24(13-11-23)19-7-5-4-6-18(19)22-20(25)17-14-16(21)9-8-15(17)2/h4-9,14H,3,10-13H2,1-2H3,(H,22,25). The Bertz CT molecular complexity index is 754. The molecule has 1 aliphatic heterocycles. The fraction of sp³-hybridized carbons (Fsp3) is 0.350. The fourth-order valence-electron chi connectivity index (χ4n) is 3.19. The number of likely N-dealkylation sites (N-methyl/N-ethyl adjacent to an activating group) is 1. The Morgan fingerprint density at radius 3 is 2.56 bits per heavy atom. The van der Waals surface area contributed by atoms with Gasteiger partial charge >= 0.3 is 0 Å². The van der Waals surface area contributed by atoms with Crippen LogP contribution in [0, 0.1) is 12.7 Å². The van der Waals surface area contributed by atoms with Crippen LogP contribution in [0.3, 0.4) is 0 Å². The number of benzene rings is 2. The molecule has 2 aromatic carbocycles. The SMILES string of the molecule is CCN1CCN(c2ccccc2NC(=O)c2cc(F)ccc2C)CC1. The van der Waals surface area contributed by atoms with Gasteiger partial charge in [-0.15, -0.1) is 0 Å². The first kappa shape index (κ1) is 17.4. The summed E-state index contributed by atoms with van der Waals surface area (Å²) in [6.45, 7) is 8.93. The summed E-state index contributed by atoms with van der Waals surface area (Å²) in [6.07, 6.45) is 0. The van der Waals surface area contributed by atoms with E-state index in [-0.39, 0.29) is 5.91 Å². The van der Waals surface area contributed by atoms with Crippen LogP contribution in [0.5, 0.6) is 0 Å². The van der Waals surface area contributed by atoms with E-state index in [1.807, 2.05) is 31.2 Å². The Morgan fingerprint density at radius 2 is 1.84 bits per heavy atom. The maximum atomic E-state index is 13.5. The molecule has 0 aromatic heterocycles. The first-order valence-electron chi connectivity index (χ1n) is 8.72. The maximum Gasteiger partial charge on any atom is 0.256 e. The van der Waals surface area contributed by atoms with Crippen LogP contribution in [-0.2, 0) is 0 Å². The molecule has 0 bridgehead atoms. The van der Waals surface area contributed by atoms with Gasteiger partial charge in [-0.3, -0.25) is 4.79 Å². The van der Waals surface area contributed by atoms with Gasteiger partial charge in [0, 0.05) is 31.7 Å². The van der Waals surface area contributed by atoms with E-state index in [1.165, 1.54) is 12.1 Å². The zero-order chi connectivity index (χ0) is 17.8. The lowest BCUT2D eigenvalue weighted by atomic mass is 10.1. The Balaban J connectivity index is 1.79. The van der Waals surface area contributed by atoms with Crippen LogP contribution < -0.4 is 10.2 Å². The minimum Gasteiger partial charge on any atom is -0.367 e. The second-order valence-electron chi connectivity index (χ2n) is 6.35. The number of hydrogen-bond acceptors (Lipinski definition) is 3. The Kier molecular flexibility index (Phi) is 5.34. The van der Waals surface area contributed by atoms with Crippen molar-refractivity contribution in [2.45, 2.75) is 13.8 Å². The van der Waals surface area contributed by atoms with Crippen molar-refractivity contribution in [1.82, 2.24) is 4.90 Å². The highest BCUT2D eigenvalue weighted by atomic mass is 19.1. The summed E-state index contributed by atoms with van der Waals surface area (Å²) >= 11 is 0. The molecular formula is C20H24FN3O. The molecule has 0 aliphatic carbocycles. The van der Waals surface area contributed by atoms with Crippen molar-refractivity contribution < 1.29 is 9.18 Å². The van der Waals surface area contributed by atoms with E-state index in [0.29, 0.717) is 5.56 Å². The van der Waals surface area contributed by atoms with Gasteiger partial charge in [0.15, 0.2) is 0 Å². The fourth-order valence-corrected chi connectivity index (χ4v) is 3.19. The van der Waals surface area contributed by atoms with E-state index in [1.54, 1.807) is 6.07 Å². The molecule has 1 fully saturated rings. The smallest absolute Gasteiger partial charge is 0.256 e. The molecule has 25 heavy (non-hydrogen) atoms. The van der Waals surface area contributed by atoms with Crippen molar-refractivity contribution in [3.63, 3.8) is 0 Å². The van der Waals surface area contributed by atoms with E-state index in [9.17, 15) is 9.18 Å². The van der Waals surface area contributed by atoms with Crippen LogP contribution in [0.4, 0.5) is 15.8 Å². The summed E-state index contributed by atoms with van der Waals surface area (Å²) in [4.78, 5) is 17.3. The van der Waals surface area contributed by atoms with Gasteiger partial charge in [0.2, 0.25) is 0 Å². The molecule has 1 heterocycles. The normalized spacial score (nSPS) is 15.2. The van der Waals surface area contributed by atoms with Gasteiger partial charge in [0.1, 0.15) is 5.82 Å². The quantitative estimate of drug-likeness (QED) is 0.924. The molecule has 2 aromatic rings. The van der Waals surface area contributed by atoms with Crippen LogP contribution in [0.15, 0.2) is 42.5 Å². The lowest BCUT2D eigenvalue weighted by Crippen LogP contribution is -2.46. The van der Waals surface area contributed by atoms with Crippen LogP contribution in [0.25, 0.3) is 0 Å². The number of carbonyl (C=O) groups excluding carboxylic acids is 1. The molecule has 132 valence electrons. The number of rotatable bonds is 4. The number of nitrogens with zero attached hydrogens (tertiary/aromatic N) is 2. The molecule has 1 aliphatic rings. The van der Waals surface area contributed by atoms with Gasteiger partial charge < -0.3 is 15.1 Å². The molecule has 4 nitrogen and oxygen atoms in total. The molecule has 5 heteroatoms. The molecular weight excluding hydrogens is 317 g/mol. The molecule has 0 atom stereocenters. The highest BCUT2D eigenvalue weighted by molar-refractivity contribution is 6.06. The molecule has 1 N–H and O–H groups in total. The van der Waals surface area contributed by atoms with Gasteiger partial charge in [-0.2, -0.15) is 0 Å². The van der Waals surface area contributed by atoms with Crippen molar-refractivity contribution in [2.75, 3.05) is 42.9 Å². The van der Waals surface area contributed by atoms with Gasteiger partial charge in [0.25, 0.3) is 5.91 Å². The predicted molar refractivity (Wildman–Crippen MR) is 99.9 cm³/mol. The number of para-hydroxylation sites is 2. The van der Waals surface area contributed by atoms with Crippen molar-refractivity contribution in [3.05, 3.63) is 59.4 Å². The monoisotopic (exact) mass is 341 g/mol. The van der Waals surface area contributed by atoms with Crippen molar-refractivity contribution >= 4 is 17.3 Å². The molecule has 1 saturated heterocycles. The Hall–Kier alpha value is -2.40. The Labute approximate surface area is 148 Å². The highest BCUT2D eigenvalue weighted by Crippen LogP contribution is 2.27. The van der Waals surface area contributed by atoms with E-state index >= 15 is 0 Å². The van der Waals surface area contributed by atoms with Crippen molar-refractivity contribution in [1.29, 1.82) is 0 Å². The zero-order valence-electron chi connectivity index (χ0n) is 14.8. The third-order valence-electron chi connectivity index (χ3n) is 4.76. The number of amides is 1. The highest BCUT2D eigenvalue weighted by Gasteiger charge is 2.19. The summed E-state index contributed by atoms with van der Waals surface area (Å²) in [5.74, 6) is -0.684. The van der Waals surface area contributed by atoms with Crippen LogP contribution in [0.1, 0.15) is 22.8 Å². The topological polar surface area (TPSA) is 35.6 Å². The molecule has 0 spiro atoms. The van der Waals surface area contributed by atoms with Crippen LogP contribution in [0.2, 0.25) is 0 Å². The van der Waals surface area contributed by atoms with E-state index in [2.05, 4.69) is 22.0 Å². The Morgan fingerprint density at radius 1 is 1.12 bits per heavy atom. The summed E-state index contributed by atoms with van der Waals surface area (Å²) in [5, 5.41) is 2.96. The second-order valence-corrected chi connectivity index (χ2v) is 6.35. The first-order chi connectivity index (χ1) is 12.1. The van der Waals surface area contributed by atoms with Crippen LogP contribution >= 0.6 is 0 Å². The molecule has 0 radical (unpaired) electrons. The van der Waals surface area contributed by atoms with Gasteiger partial charge in [-0.25, -0.2) is 4.39 Å². The second kappa shape index (κ2) is 7.66. The number of halogens is 1. The summed E-state index contributed by atoms with van der Waals surface area (Å²) in [6, 6.07) is 12.1. The average molecular weight is 341 g/mol. The molecule has 0 unspecified atom stereocenters. The van der Waals surface area contributed by atoms with E-state index < -0.39 is 5.82 Å². The van der Waals surface area contributed by atoms with Crippen molar-refractivity contribution in [3.8, 4) is 0 Å². The van der Waals surface area contributed by atoms with Gasteiger partial charge in [0.05, 0.1) is 11.4 Å². The number of carbonyl (C=O) groups is 1. The molecule has 3 rings (SSSR count). The van der Waals surface area contributed by atoms with E-state index in [0.717, 1.165) is 49.7 Å². The number of aryl methyl sites for hydroxylation is 1. The number of hydrogen-bond donors (Lipinski definition) is 1. The summed E-state index contributed by atoms with van der Waals surface area (Å²) < 4.78 is 13.5. The third kappa shape index (κ3) is 3.99. The minimum absolute atomic E-state index is 0.281. The lowest BCUT2D eigenvalue weighted by Gasteiger charge is -2.36. The number of nitrogens with one attached hydrogen (secondary N) is 1. The molecule has 1 amide bonds. The predicted octanol–water partition coefficient (Wildman–Crippen LogP) is 3.53.